The number of rotatable bonds is 8. The van der Waals surface area contributed by atoms with Crippen molar-refractivity contribution >= 4 is 17.5 Å². The summed E-state index contributed by atoms with van der Waals surface area (Å²) in [5, 5.41) is 9.40. The summed E-state index contributed by atoms with van der Waals surface area (Å²) in [5.41, 5.74) is 5.00. The molecule has 0 spiro atoms. The molecule has 2 heterocycles. The van der Waals surface area contributed by atoms with Crippen molar-refractivity contribution < 1.29 is 14.6 Å². The van der Waals surface area contributed by atoms with E-state index in [1.807, 2.05) is 33.0 Å². The zero-order valence-corrected chi connectivity index (χ0v) is 18.8. The van der Waals surface area contributed by atoms with Gasteiger partial charge >= 0.3 is 5.97 Å². The summed E-state index contributed by atoms with van der Waals surface area (Å²) >= 11 is 0. The van der Waals surface area contributed by atoms with Crippen LogP contribution >= 0.6 is 0 Å². The highest BCUT2D eigenvalue weighted by molar-refractivity contribution is 5.89. The van der Waals surface area contributed by atoms with E-state index < -0.39 is 5.97 Å². The number of hydrogen-bond donors (Lipinski definition) is 1. The van der Waals surface area contributed by atoms with Crippen molar-refractivity contribution in [1.82, 2.24) is 9.97 Å². The molecule has 3 aromatic rings. The number of carboxylic acids is 1. The van der Waals surface area contributed by atoms with Crippen molar-refractivity contribution in [2.24, 2.45) is 0 Å². The molecule has 0 fully saturated rings. The lowest BCUT2D eigenvalue weighted by molar-refractivity contribution is 0.0695. The summed E-state index contributed by atoms with van der Waals surface area (Å²) in [4.78, 5) is 22.2. The van der Waals surface area contributed by atoms with E-state index in [1.165, 1.54) is 17.3 Å². The lowest BCUT2D eigenvalue weighted by atomic mass is 9.93. The fourth-order valence-electron chi connectivity index (χ4n) is 4.41. The molecule has 0 aliphatic heterocycles. The van der Waals surface area contributed by atoms with Crippen molar-refractivity contribution in [2.75, 3.05) is 11.9 Å². The largest absolute Gasteiger partial charge is 0.489 e. The van der Waals surface area contributed by atoms with Crippen molar-refractivity contribution in [2.45, 2.75) is 51.6 Å². The van der Waals surface area contributed by atoms with E-state index in [1.54, 1.807) is 18.5 Å². The second kappa shape index (κ2) is 9.39. The molecule has 4 rings (SSSR count). The number of nitrogens with zero attached hydrogens (tertiary/aromatic N) is 3. The number of anilines is 2. The third kappa shape index (κ3) is 4.74. The van der Waals surface area contributed by atoms with Gasteiger partial charge in [0.15, 0.2) is 0 Å². The van der Waals surface area contributed by atoms with Gasteiger partial charge in [0.05, 0.1) is 17.9 Å². The van der Waals surface area contributed by atoms with E-state index in [2.05, 4.69) is 33.1 Å². The first kappa shape index (κ1) is 21.8. The predicted molar refractivity (Wildman–Crippen MR) is 125 cm³/mol. The van der Waals surface area contributed by atoms with Gasteiger partial charge < -0.3 is 14.7 Å². The van der Waals surface area contributed by atoms with Crippen molar-refractivity contribution in [1.29, 1.82) is 0 Å². The molecule has 0 radical (unpaired) electrons. The van der Waals surface area contributed by atoms with Crippen LogP contribution in [0.5, 0.6) is 5.75 Å². The predicted octanol–water partition coefficient (Wildman–Crippen LogP) is 5.39. The minimum absolute atomic E-state index is 0.124. The Labute approximate surface area is 188 Å². The number of fused-ring (bicyclic) bond motifs is 1. The minimum Gasteiger partial charge on any atom is -0.489 e. The smallest absolute Gasteiger partial charge is 0.336 e. The van der Waals surface area contributed by atoms with Gasteiger partial charge in [-0.2, -0.15) is 0 Å². The molecule has 32 heavy (non-hydrogen) atoms. The van der Waals surface area contributed by atoms with E-state index >= 15 is 0 Å². The Morgan fingerprint density at radius 3 is 2.78 bits per heavy atom. The molecule has 1 aliphatic carbocycles. The van der Waals surface area contributed by atoms with Gasteiger partial charge in [-0.05, 0) is 92.5 Å². The topological polar surface area (TPSA) is 75.5 Å². The Morgan fingerprint density at radius 2 is 2.06 bits per heavy atom. The van der Waals surface area contributed by atoms with Crippen LogP contribution in [0.25, 0.3) is 0 Å². The number of pyridine rings is 2. The van der Waals surface area contributed by atoms with Gasteiger partial charge in [0, 0.05) is 25.1 Å². The average molecular weight is 432 g/mol. The van der Waals surface area contributed by atoms with Gasteiger partial charge in [-0.15, -0.1) is 0 Å². The van der Waals surface area contributed by atoms with Crippen LogP contribution in [0.15, 0.2) is 55.0 Å². The highest BCUT2D eigenvalue weighted by Gasteiger charge is 2.24. The van der Waals surface area contributed by atoms with E-state index in [0.29, 0.717) is 11.5 Å². The molecule has 0 saturated carbocycles. The molecular formula is C26H29N3O3. The average Bonchev–Trinajstić information content (AvgIpc) is 3.19. The van der Waals surface area contributed by atoms with Crippen molar-refractivity contribution in [3.8, 4) is 5.75 Å². The van der Waals surface area contributed by atoms with Gasteiger partial charge in [-0.1, -0.05) is 6.07 Å². The van der Waals surface area contributed by atoms with Crippen LogP contribution in [0, 0.1) is 0 Å². The van der Waals surface area contributed by atoms with Crippen LogP contribution in [-0.4, -0.2) is 34.2 Å². The van der Waals surface area contributed by atoms with Crippen molar-refractivity contribution in [3.05, 3.63) is 77.2 Å². The highest BCUT2D eigenvalue weighted by Crippen LogP contribution is 2.39. The number of benzene rings is 1. The SMILES string of the molecule is CC(C)Oc1ccc(N(C)c2ccc3c(c2)CC[C@H]3CCc2cnccc2C(=O)O)nc1. The fourth-order valence-corrected chi connectivity index (χ4v) is 4.41. The molecule has 0 bridgehead atoms. The summed E-state index contributed by atoms with van der Waals surface area (Å²) < 4.78 is 5.68. The first-order valence-corrected chi connectivity index (χ1v) is 11.1. The van der Waals surface area contributed by atoms with Gasteiger partial charge in [-0.3, -0.25) is 4.98 Å². The Balaban J connectivity index is 1.45. The molecule has 6 nitrogen and oxygen atoms in total. The molecule has 1 aromatic carbocycles. The van der Waals surface area contributed by atoms with Gasteiger partial charge in [0.25, 0.3) is 0 Å². The Morgan fingerprint density at radius 1 is 1.22 bits per heavy atom. The maximum atomic E-state index is 11.5. The number of aromatic carboxylic acids is 1. The number of carboxylic acid groups (broad SMARTS) is 1. The summed E-state index contributed by atoms with van der Waals surface area (Å²) in [6.07, 6.45) is 8.87. The molecule has 6 heteroatoms. The molecule has 166 valence electrons. The molecule has 1 N–H and O–H groups in total. The molecule has 1 atom stereocenters. The first-order valence-electron chi connectivity index (χ1n) is 11.1. The number of aryl methyl sites for hydroxylation is 2. The molecule has 0 amide bonds. The fraction of sp³-hybridized carbons (Fsp3) is 0.346. The molecule has 0 saturated heterocycles. The van der Waals surface area contributed by atoms with E-state index in [4.69, 9.17) is 4.74 Å². The number of hydrogen-bond acceptors (Lipinski definition) is 5. The van der Waals surface area contributed by atoms with Crippen LogP contribution < -0.4 is 9.64 Å². The van der Waals surface area contributed by atoms with Gasteiger partial charge in [0.1, 0.15) is 11.6 Å². The quantitative estimate of drug-likeness (QED) is 0.515. The van der Waals surface area contributed by atoms with Gasteiger partial charge in [-0.25, -0.2) is 9.78 Å². The lowest BCUT2D eigenvalue weighted by Crippen LogP contribution is -2.12. The van der Waals surface area contributed by atoms with E-state index in [0.717, 1.165) is 48.5 Å². The number of ether oxygens (including phenoxy) is 1. The van der Waals surface area contributed by atoms with Crippen LogP contribution in [0.1, 0.15) is 59.7 Å². The summed E-state index contributed by atoms with van der Waals surface area (Å²) in [5.74, 6) is 1.19. The monoisotopic (exact) mass is 431 g/mol. The highest BCUT2D eigenvalue weighted by atomic mass is 16.5. The summed E-state index contributed by atoms with van der Waals surface area (Å²) in [6, 6.07) is 12.1. The zero-order chi connectivity index (χ0) is 22.7. The first-order chi connectivity index (χ1) is 15.4. The maximum Gasteiger partial charge on any atom is 0.336 e. The zero-order valence-electron chi connectivity index (χ0n) is 18.8. The van der Waals surface area contributed by atoms with Crippen LogP contribution in [0.2, 0.25) is 0 Å². The second-order valence-corrected chi connectivity index (χ2v) is 8.57. The third-order valence-corrected chi connectivity index (χ3v) is 6.05. The van der Waals surface area contributed by atoms with E-state index in [-0.39, 0.29) is 6.10 Å². The Hall–Kier alpha value is -3.41. The number of carbonyl (C=O) groups is 1. The van der Waals surface area contributed by atoms with Crippen molar-refractivity contribution in [3.63, 3.8) is 0 Å². The summed E-state index contributed by atoms with van der Waals surface area (Å²) in [7, 11) is 2.02. The lowest BCUT2D eigenvalue weighted by Gasteiger charge is -2.20. The maximum absolute atomic E-state index is 11.5. The Kier molecular flexibility index (Phi) is 6.40. The third-order valence-electron chi connectivity index (χ3n) is 6.05. The standard InChI is InChI=1S/C26H29N3O3/c1-17(2)32-22-9-11-25(28-16-22)29(3)21-8-10-23-18(4-6-19(23)14-21)5-7-20-15-27-13-12-24(20)26(30)31/h8-18H,4-7H2,1-3H3,(H,30,31)/t18-/m0/s1. The van der Waals surface area contributed by atoms with Crippen LogP contribution in [0.4, 0.5) is 11.5 Å². The van der Waals surface area contributed by atoms with Gasteiger partial charge in [0.2, 0.25) is 0 Å². The van der Waals surface area contributed by atoms with Crippen LogP contribution in [0.3, 0.4) is 0 Å². The van der Waals surface area contributed by atoms with E-state index in [9.17, 15) is 9.90 Å². The molecular weight excluding hydrogens is 402 g/mol. The molecule has 2 aromatic heterocycles. The molecule has 1 aliphatic rings. The molecule has 0 unspecified atom stereocenters. The Bertz CT molecular complexity index is 1100. The second-order valence-electron chi connectivity index (χ2n) is 8.57. The minimum atomic E-state index is -0.890. The summed E-state index contributed by atoms with van der Waals surface area (Å²) in [6.45, 7) is 4.00. The van der Waals surface area contributed by atoms with Crippen LogP contribution in [-0.2, 0) is 12.8 Å². The number of aromatic nitrogens is 2. The normalized spacial score (nSPS) is 14.9.